The summed E-state index contributed by atoms with van der Waals surface area (Å²) < 4.78 is 6.98. The van der Waals surface area contributed by atoms with Crippen LogP contribution < -0.4 is 4.74 Å². The molecule has 1 atom stereocenters. The van der Waals surface area contributed by atoms with Gasteiger partial charge in [-0.2, -0.15) is 4.52 Å². The van der Waals surface area contributed by atoms with Crippen LogP contribution in [0, 0.1) is 0 Å². The van der Waals surface area contributed by atoms with Gasteiger partial charge in [-0.15, -0.1) is 5.10 Å². The summed E-state index contributed by atoms with van der Waals surface area (Å²) in [5, 5.41) is 24.5. The highest BCUT2D eigenvalue weighted by Crippen LogP contribution is 2.42. The third-order valence-corrected chi connectivity index (χ3v) is 5.21. The predicted molar refractivity (Wildman–Crippen MR) is 96.5 cm³/mol. The molecular formula is C17H22N4O3S. The van der Waals surface area contributed by atoms with Gasteiger partial charge in [0.05, 0.1) is 24.6 Å². The van der Waals surface area contributed by atoms with Crippen LogP contribution in [0.3, 0.4) is 0 Å². The Hall–Kier alpha value is -2.16. The molecule has 0 saturated heterocycles. The Bertz CT molecular complexity index is 861. The summed E-state index contributed by atoms with van der Waals surface area (Å²) in [7, 11) is 3.53. The third-order valence-electron chi connectivity index (χ3n) is 4.14. The standard InChI is InChI=1S/C17H22N4O3S/c1-4-13-18-17-21(19-13)16(23)15(25-17)14(20(2)9-10-22)11-7-5-6-8-12(11)24-3/h5-8,14,22-23H,4,9-10H2,1-3H3. The molecule has 3 aromatic rings. The van der Waals surface area contributed by atoms with Gasteiger partial charge in [-0.3, -0.25) is 4.90 Å². The Morgan fingerprint density at radius 2 is 2.12 bits per heavy atom. The Balaban J connectivity index is 2.14. The van der Waals surface area contributed by atoms with Gasteiger partial charge < -0.3 is 14.9 Å². The van der Waals surface area contributed by atoms with Crippen LogP contribution in [-0.4, -0.2) is 57.0 Å². The van der Waals surface area contributed by atoms with E-state index in [-0.39, 0.29) is 18.5 Å². The largest absolute Gasteiger partial charge is 0.496 e. The molecule has 0 aliphatic heterocycles. The number of thiazole rings is 1. The number of nitrogens with zero attached hydrogens (tertiary/aromatic N) is 4. The number of aromatic nitrogens is 3. The first-order valence-corrected chi connectivity index (χ1v) is 8.93. The maximum atomic E-state index is 10.8. The number of methoxy groups -OCH3 is 1. The van der Waals surface area contributed by atoms with Crippen LogP contribution in [0.5, 0.6) is 11.6 Å². The highest BCUT2D eigenvalue weighted by Gasteiger charge is 2.29. The molecule has 0 saturated carbocycles. The number of hydrogen-bond donors (Lipinski definition) is 2. The SMILES string of the molecule is CCc1nc2sc(C(c3ccccc3OC)N(C)CCO)c(O)n2n1. The Kier molecular flexibility index (Phi) is 5.22. The summed E-state index contributed by atoms with van der Waals surface area (Å²) in [6.07, 6.45) is 0.712. The van der Waals surface area contributed by atoms with Crippen LogP contribution >= 0.6 is 11.3 Å². The summed E-state index contributed by atoms with van der Waals surface area (Å²) in [6.45, 7) is 2.45. The Morgan fingerprint density at radius 3 is 2.76 bits per heavy atom. The smallest absolute Gasteiger partial charge is 0.230 e. The third kappa shape index (κ3) is 3.20. The van der Waals surface area contributed by atoms with Crippen molar-refractivity contribution in [1.29, 1.82) is 0 Å². The number of likely N-dealkylation sites (N-methyl/N-ethyl adjacent to an activating group) is 1. The second-order valence-electron chi connectivity index (χ2n) is 5.71. The van der Waals surface area contributed by atoms with Gasteiger partial charge in [0.15, 0.2) is 5.82 Å². The van der Waals surface area contributed by atoms with Gasteiger partial charge in [0.1, 0.15) is 5.75 Å². The monoisotopic (exact) mass is 362 g/mol. The van der Waals surface area contributed by atoms with Gasteiger partial charge in [-0.1, -0.05) is 36.5 Å². The number of aliphatic hydroxyl groups excluding tert-OH is 1. The molecule has 25 heavy (non-hydrogen) atoms. The number of aliphatic hydroxyl groups is 1. The minimum atomic E-state index is -0.276. The zero-order valence-corrected chi connectivity index (χ0v) is 15.3. The number of ether oxygens (including phenoxy) is 1. The summed E-state index contributed by atoms with van der Waals surface area (Å²) in [5.41, 5.74) is 0.913. The maximum absolute atomic E-state index is 10.8. The van der Waals surface area contributed by atoms with Crippen molar-refractivity contribution >= 4 is 16.3 Å². The molecule has 0 fully saturated rings. The van der Waals surface area contributed by atoms with Crippen molar-refractivity contribution in [2.75, 3.05) is 27.3 Å². The minimum absolute atomic E-state index is 0.0175. The van der Waals surface area contributed by atoms with E-state index in [9.17, 15) is 10.2 Å². The van der Waals surface area contributed by atoms with Crippen molar-refractivity contribution < 1.29 is 14.9 Å². The fourth-order valence-corrected chi connectivity index (χ4v) is 4.03. The van der Waals surface area contributed by atoms with Gasteiger partial charge in [0.25, 0.3) is 0 Å². The van der Waals surface area contributed by atoms with Crippen LogP contribution in [0.2, 0.25) is 0 Å². The highest BCUT2D eigenvalue weighted by molar-refractivity contribution is 7.17. The molecule has 8 heteroatoms. The summed E-state index contributed by atoms with van der Waals surface area (Å²) in [4.78, 5) is 7.80. The van der Waals surface area contributed by atoms with Crippen molar-refractivity contribution in [3.05, 3.63) is 40.5 Å². The van der Waals surface area contributed by atoms with E-state index in [1.165, 1.54) is 15.9 Å². The summed E-state index contributed by atoms with van der Waals surface area (Å²) >= 11 is 1.40. The molecule has 2 aromatic heterocycles. The first-order chi connectivity index (χ1) is 12.1. The Labute approximate surface area is 150 Å². The van der Waals surface area contributed by atoms with E-state index in [2.05, 4.69) is 10.1 Å². The van der Waals surface area contributed by atoms with Gasteiger partial charge in [-0.25, -0.2) is 4.98 Å². The molecular weight excluding hydrogens is 340 g/mol. The van der Waals surface area contributed by atoms with Gasteiger partial charge in [0.2, 0.25) is 10.8 Å². The maximum Gasteiger partial charge on any atom is 0.230 e. The first-order valence-electron chi connectivity index (χ1n) is 8.12. The molecule has 0 radical (unpaired) electrons. The lowest BCUT2D eigenvalue weighted by atomic mass is 10.0. The minimum Gasteiger partial charge on any atom is -0.496 e. The fraction of sp³-hybridized carbons (Fsp3) is 0.412. The van der Waals surface area contributed by atoms with E-state index < -0.39 is 0 Å². The highest BCUT2D eigenvalue weighted by atomic mass is 32.1. The molecule has 3 rings (SSSR count). The first kappa shape index (κ1) is 17.7. The zero-order chi connectivity index (χ0) is 18.0. The molecule has 134 valence electrons. The lowest BCUT2D eigenvalue weighted by molar-refractivity contribution is 0.194. The molecule has 0 aliphatic rings. The molecule has 0 bridgehead atoms. The lowest BCUT2D eigenvalue weighted by Crippen LogP contribution is -2.28. The fourth-order valence-electron chi connectivity index (χ4n) is 2.88. The number of hydrogen-bond acceptors (Lipinski definition) is 7. The summed E-state index contributed by atoms with van der Waals surface area (Å²) in [5.74, 6) is 1.50. The van der Waals surface area contributed by atoms with E-state index in [4.69, 9.17) is 4.74 Å². The summed E-state index contributed by atoms with van der Waals surface area (Å²) in [6, 6.07) is 7.41. The van der Waals surface area contributed by atoms with Crippen LogP contribution in [0.1, 0.15) is 29.2 Å². The quantitative estimate of drug-likeness (QED) is 0.670. The zero-order valence-electron chi connectivity index (χ0n) is 14.5. The number of aryl methyl sites for hydroxylation is 1. The lowest BCUT2D eigenvalue weighted by Gasteiger charge is -2.28. The molecule has 7 nitrogen and oxygen atoms in total. The van der Waals surface area contributed by atoms with Crippen molar-refractivity contribution in [3.63, 3.8) is 0 Å². The molecule has 0 spiro atoms. The molecule has 2 N–H and O–H groups in total. The number of fused-ring (bicyclic) bond motifs is 1. The normalized spacial score (nSPS) is 12.8. The second kappa shape index (κ2) is 7.38. The van der Waals surface area contributed by atoms with Crippen molar-refractivity contribution in [3.8, 4) is 11.6 Å². The van der Waals surface area contributed by atoms with E-state index in [1.807, 2.05) is 43.1 Å². The van der Waals surface area contributed by atoms with Gasteiger partial charge >= 0.3 is 0 Å². The predicted octanol–water partition coefficient (Wildman–Crippen LogP) is 2.08. The van der Waals surface area contributed by atoms with Crippen LogP contribution in [0.4, 0.5) is 0 Å². The van der Waals surface area contributed by atoms with E-state index in [0.717, 1.165) is 16.2 Å². The number of rotatable bonds is 7. The molecule has 0 amide bonds. The topological polar surface area (TPSA) is 83.1 Å². The van der Waals surface area contributed by atoms with Crippen molar-refractivity contribution in [2.24, 2.45) is 0 Å². The number of aromatic hydroxyl groups is 1. The van der Waals surface area contributed by atoms with Gasteiger partial charge in [-0.05, 0) is 13.1 Å². The average Bonchev–Trinajstić information content (AvgIpc) is 3.16. The van der Waals surface area contributed by atoms with Crippen LogP contribution in [0.15, 0.2) is 24.3 Å². The molecule has 1 unspecified atom stereocenters. The van der Waals surface area contributed by atoms with Crippen molar-refractivity contribution in [2.45, 2.75) is 19.4 Å². The molecule has 2 heterocycles. The molecule has 1 aromatic carbocycles. The average molecular weight is 362 g/mol. The van der Waals surface area contributed by atoms with Crippen LogP contribution in [-0.2, 0) is 6.42 Å². The second-order valence-corrected chi connectivity index (χ2v) is 6.72. The van der Waals surface area contributed by atoms with Crippen molar-refractivity contribution in [1.82, 2.24) is 19.5 Å². The van der Waals surface area contributed by atoms with E-state index >= 15 is 0 Å². The molecule has 0 aliphatic carbocycles. The number of para-hydroxylation sites is 1. The van der Waals surface area contributed by atoms with E-state index in [1.54, 1.807) is 7.11 Å². The Morgan fingerprint density at radius 1 is 1.36 bits per heavy atom. The number of benzene rings is 1. The van der Waals surface area contributed by atoms with Crippen LogP contribution in [0.25, 0.3) is 4.96 Å². The van der Waals surface area contributed by atoms with E-state index in [0.29, 0.717) is 23.8 Å². The van der Waals surface area contributed by atoms with Gasteiger partial charge in [0, 0.05) is 18.5 Å².